The number of aromatic amines is 1. The number of carbonyl (C=O) groups excluding carboxylic acids is 1. The van der Waals surface area contributed by atoms with Gasteiger partial charge in [-0.1, -0.05) is 25.3 Å². The number of nitrogens with zero attached hydrogens (tertiary/aromatic N) is 1. The molecule has 192 valence electrons. The van der Waals surface area contributed by atoms with Gasteiger partial charge in [0.05, 0.1) is 17.6 Å². The van der Waals surface area contributed by atoms with Gasteiger partial charge in [-0.3, -0.25) is 4.79 Å². The Bertz CT molecular complexity index is 928. The van der Waals surface area contributed by atoms with Crippen LogP contribution in [0, 0.1) is 5.92 Å². The summed E-state index contributed by atoms with van der Waals surface area (Å²) < 4.78 is 54.7. The first-order chi connectivity index (χ1) is 15.8. The number of hydrogen-bond donors (Lipinski definition) is 3. The average molecular weight is 489 g/mol. The Morgan fingerprint density at radius 1 is 1.24 bits per heavy atom. The largest absolute Gasteiger partial charge is 0.373 e. The lowest BCUT2D eigenvalue weighted by Gasteiger charge is -2.34. The molecule has 10 heteroatoms. The highest BCUT2D eigenvalue weighted by molar-refractivity contribution is 5.77. The standard InChI is InChI=1S/C15H18F2N4O.C6H12F2O.C3H6/c16-15(17)5-10(6-15)4-14(22)19-8-9-1-2-11-12(3-9)21-13(7-18)20-11;1-5(2,9-4)6(3,7)8;1-2-3-1/h1-3,10H,4-8,18H2,(H,19,22)(H,20,21);1-4H3;1-3H2. The number of methoxy groups -OCH3 is 1. The summed E-state index contributed by atoms with van der Waals surface area (Å²) in [6.07, 6.45) is 4.31. The highest BCUT2D eigenvalue weighted by Gasteiger charge is 2.45. The number of nitrogens with one attached hydrogen (secondary N) is 2. The predicted octanol–water partition coefficient (Wildman–Crippen LogP) is 5.31. The average Bonchev–Trinajstić information content (AvgIpc) is 3.56. The van der Waals surface area contributed by atoms with Gasteiger partial charge in [-0.15, -0.1) is 0 Å². The van der Waals surface area contributed by atoms with E-state index in [4.69, 9.17) is 5.73 Å². The van der Waals surface area contributed by atoms with Crippen LogP contribution in [0.5, 0.6) is 0 Å². The van der Waals surface area contributed by atoms with Gasteiger partial charge in [0.1, 0.15) is 11.4 Å². The smallest absolute Gasteiger partial charge is 0.273 e. The van der Waals surface area contributed by atoms with Crippen LogP contribution in [0.1, 0.15) is 70.7 Å². The van der Waals surface area contributed by atoms with Crippen LogP contribution in [-0.2, 0) is 22.6 Å². The molecule has 0 bridgehead atoms. The summed E-state index contributed by atoms with van der Waals surface area (Å²) in [5, 5.41) is 2.77. The third kappa shape index (κ3) is 8.87. The van der Waals surface area contributed by atoms with Crippen molar-refractivity contribution in [1.29, 1.82) is 0 Å². The fraction of sp³-hybridized carbons (Fsp3) is 0.667. The first-order valence-corrected chi connectivity index (χ1v) is 11.5. The van der Waals surface area contributed by atoms with Crippen molar-refractivity contribution in [1.82, 2.24) is 15.3 Å². The molecule has 2 aliphatic carbocycles. The minimum atomic E-state index is -2.78. The van der Waals surface area contributed by atoms with Gasteiger partial charge in [0.2, 0.25) is 11.8 Å². The second-order valence-corrected chi connectivity index (χ2v) is 9.51. The number of benzene rings is 1. The lowest BCUT2D eigenvalue weighted by Crippen LogP contribution is -2.41. The van der Waals surface area contributed by atoms with E-state index in [9.17, 15) is 22.4 Å². The van der Waals surface area contributed by atoms with Crippen LogP contribution in [0.2, 0.25) is 0 Å². The number of alkyl halides is 4. The summed E-state index contributed by atoms with van der Waals surface area (Å²) in [6.45, 7) is 4.26. The number of aromatic nitrogens is 2. The molecule has 0 atom stereocenters. The van der Waals surface area contributed by atoms with E-state index in [0.29, 0.717) is 18.9 Å². The van der Waals surface area contributed by atoms with Crippen molar-refractivity contribution in [2.24, 2.45) is 11.7 Å². The summed E-state index contributed by atoms with van der Waals surface area (Å²) in [5.41, 5.74) is 6.79. The van der Waals surface area contributed by atoms with Crippen molar-refractivity contribution in [3.8, 4) is 0 Å². The molecule has 0 saturated heterocycles. The molecule has 0 radical (unpaired) electrons. The van der Waals surface area contributed by atoms with Crippen LogP contribution in [0.3, 0.4) is 0 Å². The number of carbonyl (C=O) groups is 1. The summed E-state index contributed by atoms with van der Waals surface area (Å²) in [5.74, 6) is -5.02. The fourth-order valence-electron chi connectivity index (χ4n) is 2.96. The number of nitrogens with two attached hydrogens (primary N) is 1. The number of H-pyrrole nitrogens is 1. The highest BCUT2D eigenvalue weighted by Crippen LogP contribution is 2.43. The Hall–Kier alpha value is -2.20. The number of halogens is 4. The van der Waals surface area contributed by atoms with E-state index in [1.165, 1.54) is 40.2 Å². The number of amides is 1. The van der Waals surface area contributed by atoms with Crippen LogP contribution < -0.4 is 11.1 Å². The van der Waals surface area contributed by atoms with Crippen molar-refractivity contribution >= 4 is 16.9 Å². The fourth-order valence-corrected chi connectivity index (χ4v) is 2.96. The Morgan fingerprint density at radius 2 is 1.85 bits per heavy atom. The van der Waals surface area contributed by atoms with E-state index in [2.05, 4.69) is 20.0 Å². The van der Waals surface area contributed by atoms with Gasteiger partial charge in [-0.25, -0.2) is 22.5 Å². The number of imidazole rings is 1. The molecule has 34 heavy (non-hydrogen) atoms. The maximum Gasteiger partial charge on any atom is 0.273 e. The minimum Gasteiger partial charge on any atom is -0.373 e. The van der Waals surface area contributed by atoms with E-state index < -0.39 is 17.4 Å². The lowest BCUT2D eigenvalue weighted by molar-refractivity contribution is -0.165. The molecule has 2 fully saturated rings. The van der Waals surface area contributed by atoms with Crippen molar-refractivity contribution in [3.05, 3.63) is 29.6 Å². The second-order valence-electron chi connectivity index (χ2n) is 9.51. The third-order valence-corrected chi connectivity index (χ3v) is 5.85. The Kier molecular flexibility index (Phi) is 9.47. The maximum atomic E-state index is 12.7. The molecule has 0 spiro atoms. The number of fused-ring (bicyclic) bond motifs is 1. The first kappa shape index (κ1) is 28.0. The maximum absolute atomic E-state index is 12.7. The Labute approximate surface area is 198 Å². The van der Waals surface area contributed by atoms with E-state index >= 15 is 0 Å². The van der Waals surface area contributed by atoms with Gasteiger partial charge in [0.25, 0.3) is 5.92 Å². The van der Waals surface area contributed by atoms with E-state index in [1.54, 1.807) is 0 Å². The summed E-state index contributed by atoms with van der Waals surface area (Å²) in [6, 6.07) is 5.64. The Balaban J connectivity index is 0.000000282. The molecule has 1 heterocycles. The predicted molar refractivity (Wildman–Crippen MR) is 124 cm³/mol. The second kappa shape index (κ2) is 11.5. The molecule has 1 amide bonds. The molecular formula is C24H36F4N4O2. The molecule has 2 aromatic rings. The zero-order chi connectivity index (χ0) is 25.6. The van der Waals surface area contributed by atoms with Crippen LogP contribution in [0.4, 0.5) is 17.6 Å². The van der Waals surface area contributed by atoms with Crippen LogP contribution in [-0.4, -0.2) is 40.4 Å². The molecule has 4 rings (SSSR count). The molecule has 0 unspecified atom stereocenters. The number of hydrogen-bond acceptors (Lipinski definition) is 4. The van der Waals surface area contributed by atoms with Crippen molar-refractivity contribution < 1.29 is 27.1 Å². The van der Waals surface area contributed by atoms with Gasteiger partial charge < -0.3 is 20.8 Å². The Morgan fingerprint density at radius 3 is 2.29 bits per heavy atom. The zero-order valence-electron chi connectivity index (χ0n) is 20.3. The van der Waals surface area contributed by atoms with Crippen molar-refractivity contribution in [2.75, 3.05) is 7.11 Å². The van der Waals surface area contributed by atoms with Crippen LogP contribution in [0.15, 0.2) is 18.2 Å². The SMILES string of the molecule is C1CC1.COC(C)(C)C(C)(F)F.NCc1nc2ccc(CNC(=O)CC3CC(F)(F)C3)cc2[nH]1. The lowest BCUT2D eigenvalue weighted by atomic mass is 9.79. The van der Waals surface area contributed by atoms with Crippen molar-refractivity contribution in [2.45, 2.75) is 89.8 Å². The van der Waals surface area contributed by atoms with Crippen LogP contribution in [0.25, 0.3) is 11.0 Å². The highest BCUT2D eigenvalue weighted by atomic mass is 19.3. The van der Waals surface area contributed by atoms with Gasteiger partial charge in [-0.05, 0) is 37.5 Å². The van der Waals surface area contributed by atoms with Crippen molar-refractivity contribution in [3.63, 3.8) is 0 Å². The first-order valence-electron chi connectivity index (χ1n) is 11.5. The van der Waals surface area contributed by atoms with Gasteiger partial charge in [0.15, 0.2) is 0 Å². The topological polar surface area (TPSA) is 93.0 Å². The quantitative estimate of drug-likeness (QED) is 0.461. The molecule has 2 saturated carbocycles. The number of rotatable bonds is 7. The number of ether oxygens (including phenoxy) is 1. The van der Waals surface area contributed by atoms with E-state index in [-0.39, 0.29) is 31.1 Å². The van der Waals surface area contributed by atoms with Gasteiger partial charge in [-0.2, -0.15) is 0 Å². The molecule has 0 aliphatic heterocycles. The van der Waals surface area contributed by atoms with E-state index in [0.717, 1.165) is 23.5 Å². The minimum absolute atomic E-state index is 0.166. The zero-order valence-corrected chi connectivity index (χ0v) is 20.3. The van der Waals surface area contributed by atoms with E-state index in [1.807, 2.05) is 18.2 Å². The molecular weight excluding hydrogens is 452 g/mol. The third-order valence-electron chi connectivity index (χ3n) is 5.85. The molecule has 6 nitrogen and oxygen atoms in total. The summed E-state index contributed by atoms with van der Waals surface area (Å²) in [4.78, 5) is 19.2. The molecule has 1 aromatic carbocycles. The molecule has 1 aromatic heterocycles. The van der Waals surface area contributed by atoms with Gasteiger partial charge in [0, 0.05) is 39.8 Å². The van der Waals surface area contributed by atoms with Gasteiger partial charge >= 0.3 is 0 Å². The summed E-state index contributed by atoms with van der Waals surface area (Å²) >= 11 is 0. The summed E-state index contributed by atoms with van der Waals surface area (Å²) in [7, 11) is 1.28. The monoisotopic (exact) mass is 488 g/mol. The molecule has 2 aliphatic rings. The van der Waals surface area contributed by atoms with Crippen LogP contribution >= 0.6 is 0 Å². The normalized spacial score (nSPS) is 17.1. The molecule has 4 N–H and O–H groups in total.